The molecule has 100 valence electrons. The maximum Gasteiger partial charge on any atom is 0.223 e. The van der Waals surface area contributed by atoms with E-state index in [1.165, 1.54) is 0 Å². The minimum absolute atomic E-state index is 0.619. The Morgan fingerprint density at radius 3 is 2.95 bits per heavy atom. The summed E-state index contributed by atoms with van der Waals surface area (Å²) in [4.78, 5) is 4.29. The molecule has 0 saturated carbocycles. The van der Waals surface area contributed by atoms with Crippen molar-refractivity contribution < 1.29 is 4.74 Å². The molecule has 0 saturated heterocycles. The summed E-state index contributed by atoms with van der Waals surface area (Å²) in [6, 6.07) is 9.50. The number of hydrogen-bond acceptors (Lipinski definition) is 3. The normalized spacial score (nSPS) is 10.5. The molecule has 2 rings (SSSR count). The third-order valence-electron chi connectivity index (χ3n) is 2.77. The highest BCUT2D eigenvalue weighted by molar-refractivity contribution is 6.30. The summed E-state index contributed by atoms with van der Waals surface area (Å²) in [6.07, 6.45) is 1.73. The molecule has 3 nitrogen and oxygen atoms in total. The molecule has 0 aliphatic heterocycles. The number of aryl methyl sites for hydroxylation is 1. The van der Waals surface area contributed by atoms with E-state index in [-0.39, 0.29) is 0 Å². The van der Waals surface area contributed by atoms with Crippen molar-refractivity contribution in [1.29, 1.82) is 0 Å². The van der Waals surface area contributed by atoms with Crippen molar-refractivity contribution in [2.45, 2.75) is 20.4 Å². The number of rotatable bonds is 5. The molecule has 19 heavy (non-hydrogen) atoms. The van der Waals surface area contributed by atoms with Gasteiger partial charge in [0, 0.05) is 23.3 Å². The van der Waals surface area contributed by atoms with E-state index < -0.39 is 0 Å². The van der Waals surface area contributed by atoms with Crippen molar-refractivity contribution in [2.24, 2.45) is 0 Å². The fraction of sp³-hybridized carbons (Fsp3) is 0.267. The molecular weight excluding hydrogens is 260 g/mol. The second kappa shape index (κ2) is 6.55. The second-order valence-corrected chi connectivity index (χ2v) is 4.70. The summed E-state index contributed by atoms with van der Waals surface area (Å²) in [6.45, 7) is 5.69. The Morgan fingerprint density at radius 1 is 1.32 bits per heavy atom. The van der Waals surface area contributed by atoms with E-state index in [2.05, 4.69) is 17.2 Å². The van der Waals surface area contributed by atoms with Crippen LogP contribution in [0.4, 0.5) is 0 Å². The zero-order chi connectivity index (χ0) is 13.7. The van der Waals surface area contributed by atoms with Crippen LogP contribution < -0.4 is 10.1 Å². The molecule has 1 aromatic heterocycles. The molecule has 0 atom stereocenters. The van der Waals surface area contributed by atoms with Crippen LogP contribution in [0.25, 0.3) is 0 Å². The maximum atomic E-state index is 5.99. The molecule has 0 radical (unpaired) electrons. The molecule has 0 amide bonds. The van der Waals surface area contributed by atoms with E-state index in [4.69, 9.17) is 16.3 Å². The monoisotopic (exact) mass is 276 g/mol. The molecule has 1 heterocycles. The van der Waals surface area contributed by atoms with E-state index in [0.717, 1.165) is 30.0 Å². The van der Waals surface area contributed by atoms with Crippen LogP contribution in [-0.2, 0) is 6.54 Å². The summed E-state index contributed by atoms with van der Waals surface area (Å²) >= 11 is 5.99. The Kier molecular flexibility index (Phi) is 4.77. The molecule has 0 aliphatic carbocycles. The molecule has 0 aliphatic rings. The van der Waals surface area contributed by atoms with Crippen LogP contribution in [0.15, 0.2) is 36.5 Å². The van der Waals surface area contributed by atoms with Crippen LogP contribution in [0.1, 0.15) is 18.1 Å². The number of aromatic nitrogens is 1. The fourth-order valence-electron chi connectivity index (χ4n) is 1.70. The number of benzene rings is 1. The maximum absolute atomic E-state index is 5.99. The van der Waals surface area contributed by atoms with Gasteiger partial charge in [0.15, 0.2) is 0 Å². The van der Waals surface area contributed by atoms with Gasteiger partial charge in [-0.15, -0.1) is 0 Å². The number of hydrogen-bond donors (Lipinski definition) is 1. The minimum Gasteiger partial charge on any atom is -0.438 e. The average molecular weight is 277 g/mol. The summed E-state index contributed by atoms with van der Waals surface area (Å²) in [5, 5.41) is 3.93. The topological polar surface area (TPSA) is 34.2 Å². The van der Waals surface area contributed by atoms with Crippen LogP contribution >= 0.6 is 11.6 Å². The van der Waals surface area contributed by atoms with Gasteiger partial charge in [0.2, 0.25) is 5.88 Å². The van der Waals surface area contributed by atoms with Crippen molar-refractivity contribution in [3.05, 3.63) is 52.7 Å². The lowest BCUT2D eigenvalue weighted by Gasteiger charge is -2.12. The van der Waals surface area contributed by atoms with Gasteiger partial charge in [-0.05, 0) is 37.2 Å². The first-order valence-electron chi connectivity index (χ1n) is 6.29. The third kappa shape index (κ3) is 3.69. The van der Waals surface area contributed by atoms with Crippen LogP contribution in [0.3, 0.4) is 0 Å². The highest BCUT2D eigenvalue weighted by Gasteiger charge is 2.08. The lowest BCUT2D eigenvalue weighted by atomic mass is 10.2. The van der Waals surface area contributed by atoms with E-state index in [1.807, 2.05) is 37.3 Å². The molecular formula is C15H17ClN2O. The van der Waals surface area contributed by atoms with Crippen LogP contribution in [0.2, 0.25) is 5.02 Å². The number of pyridine rings is 1. The van der Waals surface area contributed by atoms with Crippen molar-refractivity contribution in [1.82, 2.24) is 10.3 Å². The Bertz CT molecular complexity index is 558. The second-order valence-electron chi connectivity index (χ2n) is 4.26. The number of halogens is 1. The number of nitrogens with zero attached hydrogens (tertiary/aromatic N) is 1. The number of nitrogens with one attached hydrogen (secondary N) is 1. The largest absolute Gasteiger partial charge is 0.438 e. The predicted molar refractivity (Wildman–Crippen MR) is 77.9 cm³/mol. The Hall–Kier alpha value is -1.58. The van der Waals surface area contributed by atoms with Gasteiger partial charge in [0.05, 0.1) is 0 Å². The molecule has 1 aromatic carbocycles. The van der Waals surface area contributed by atoms with E-state index in [1.54, 1.807) is 6.20 Å². The lowest BCUT2D eigenvalue weighted by Crippen LogP contribution is -2.12. The summed E-state index contributed by atoms with van der Waals surface area (Å²) in [5.41, 5.74) is 2.06. The van der Waals surface area contributed by atoms with Gasteiger partial charge >= 0.3 is 0 Å². The summed E-state index contributed by atoms with van der Waals surface area (Å²) in [7, 11) is 0. The Morgan fingerprint density at radius 2 is 2.16 bits per heavy atom. The smallest absolute Gasteiger partial charge is 0.223 e. The van der Waals surface area contributed by atoms with Gasteiger partial charge in [-0.2, -0.15) is 0 Å². The average Bonchev–Trinajstić information content (AvgIpc) is 2.42. The lowest BCUT2D eigenvalue weighted by molar-refractivity contribution is 0.450. The SMILES string of the molecule is CCNCc1cccnc1Oc1cc(Cl)ccc1C. The predicted octanol–water partition coefficient (Wildman–Crippen LogP) is 3.95. The van der Waals surface area contributed by atoms with Gasteiger partial charge < -0.3 is 10.1 Å². The van der Waals surface area contributed by atoms with Gasteiger partial charge in [-0.25, -0.2) is 4.98 Å². The Balaban J connectivity index is 2.25. The number of ether oxygens (including phenoxy) is 1. The van der Waals surface area contributed by atoms with Crippen LogP contribution in [0.5, 0.6) is 11.6 Å². The summed E-state index contributed by atoms with van der Waals surface area (Å²) in [5.74, 6) is 1.36. The first-order chi connectivity index (χ1) is 9.20. The van der Waals surface area contributed by atoms with E-state index in [0.29, 0.717) is 10.9 Å². The zero-order valence-corrected chi connectivity index (χ0v) is 11.9. The standard InChI is InChI=1S/C15H17ClN2O/c1-3-17-10-12-5-4-8-18-15(12)19-14-9-13(16)7-6-11(14)2/h4-9,17H,3,10H2,1-2H3. The van der Waals surface area contributed by atoms with Crippen LogP contribution in [-0.4, -0.2) is 11.5 Å². The van der Waals surface area contributed by atoms with Crippen molar-refractivity contribution in [3.63, 3.8) is 0 Å². The van der Waals surface area contributed by atoms with Crippen molar-refractivity contribution >= 4 is 11.6 Å². The minimum atomic E-state index is 0.619. The van der Waals surface area contributed by atoms with Gasteiger partial charge in [0.1, 0.15) is 5.75 Å². The molecule has 0 unspecified atom stereocenters. The summed E-state index contributed by atoms with van der Waals surface area (Å²) < 4.78 is 5.88. The quantitative estimate of drug-likeness (QED) is 0.898. The zero-order valence-electron chi connectivity index (χ0n) is 11.1. The van der Waals surface area contributed by atoms with E-state index >= 15 is 0 Å². The van der Waals surface area contributed by atoms with Crippen LogP contribution in [0, 0.1) is 6.92 Å². The molecule has 2 aromatic rings. The first-order valence-corrected chi connectivity index (χ1v) is 6.67. The van der Waals surface area contributed by atoms with Crippen molar-refractivity contribution in [3.8, 4) is 11.6 Å². The third-order valence-corrected chi connectivity index (χ3v) is 3.01. The Labute approximate surface area is 118 Å². The molecule has 0 fully saturated rings. The first kappa shape index (κ1) is 13.8. The van der Waals surface area contributed by atoms with E-state index in [9.17, 15) is 0 Å². The molecule has 1 N–H and O–H groups in total. The highest BCUT2D eigenvalue weighted by Crippen LogP contribution is 2.28. The van der Waals surface area contributed by atoms with Gasteiger partial charge in [-0.3, -0.25) is 0 Å². The molecule has 0 spiro atoms. The van der Waals surface area contributed by atoms with Crippen molar-refractivity contribution in [2.75, 3.05) is 6.54 Å². The van der Waals surface area contributed by atoms with Gasteiger partial charge in [0.25, 0.3) is 0 Å². The fourth-order valence-corrected chi connectivity index (χ4v) is 1.86. The highest BCUT2D eigenvalue weighted by atomic mass is 35.5. The molecule has 4 heteroatoms. The molecule has 0 bridgehead atoms. The van der Waals surface area contributed by atoms with Gasteiger partial charge in [-0.1, -0.05) is 30.7 Å².